The maximum Gasteiger partial charge on any atom is 0.314 e. The summed E-state index contributed by atoms with van der Waals surface area (Å²) in [6, 6.07) is -0.118. The molecule has 0 saturated carbocycles. The van der Waals surface area contributed by atoms with E-state index in [9.17, 15) is 9.59 Å². The first-order valence-electron chi connectivity index (χ1n) is 7.39. The van der Waals surface area contributed by atoms with Crippen LogP contribution in [0.1, 0.15) is 51.4 Å². The molecule has 0 spiro atoms. The molecule has 2 amide bonds. The lowest BCUT2D eigenvalue weighted by Crippen LogP contribution is -2.36. The second-order valence-electron chi connectivity index (χ2n) is 4.79. The maximum absolute atomic E-state index is 11.4. The van der Waals surface area contributed by atoms with Gasteiger partial charge in [0.05, 0.1) is 0 Å². The number of aliphatic carboxylic acids is 1. The highest BCUT2D eigenvalue weighted by Gasteiger charge is 1.99. The predicted octanol–water partition coefficient (Wildman–Crippen LogP) is 2.85. The van der Waals surface area contributed by atoms with Crippen molar-refractivity contribution in [1.29, 1.82) is 0 Å². The normalized spacial score (nSPS) is 10.2. The Kier molecular flexibility index (Phi) is 13.8. The van der Waals surface area contributed by atoms with Crippen LogP contribution >= 0.6 is 11.8 Å². The first-order chi connectivity index (χ1) is 9.66. The molecule has 20 heavy (non-hydrogen) atoms. The molecular weight excluding hydrogens is 276 g/mol. The van der Waals surface area contributed by atoms with E-state index >= 15 is 0 Å². The molecule has 0 saturated heterocycles. The standard InChI is InChI=1S/C14H28N2O3S/c1-20-12-8-3-2-6-10-15-14(19)16-11-7-4-5-9-13(17)18/h2-12H2,1H3,(H,17,18)(H2,15,16,19). The first kappa shape index (κ1) is 19.1. The third kappa shape index (κ3) is 15.1. The molecule has 0 heterocycles. The minimum atomic E-state index is -0.756. The van der Waals surface area contributed by atoms with Crippen molar-refractivity contribution in [2.75, 3.05) is 25.1 Å². The third-order valence-corrected chi connectivity index (χ3v) is 3.61. The number of thioether (sulfide) groups is 1. The zero-order valence-electron chi connectivity index (χ0n) is 12.5. The second kappa shape index (κ2) is 14.5. The molecule has 3 N–H and O–H groups in total. The number of hydrogen-bond donors (Lipinski definition) is 3. The smallest absolute Gasteiger partial charge is 0.314 e. The van der Waals surface area contributed by atoms with Crippen LogP contribution < -0.4 is 10.6 Å². The Morgan fingerprint density at radius 2 is 1.45 bits per heavy atom. The summed E-state index contributed by atoms with van der Waals surface area (Å²) in [4.78, 5) is 21.7. The molecule has 0 fully saturated rings. The minimum Gasteiger partial charge on any atom is -0.481 e. The maximum atomic E-state index is 11.4. The zero-order chi connectivity index (χ0) is 15.1. The van der Waals surface area contributed by atoms with Gasteiger partial charge in [-0.15, -0.1) is 0 Å². The van der Waals surface area contributed by atoms with Gasteiger partial charge in [-0.05, 0) is 37.7 Å². The van der Waals surface area contributed by atoms with Crippen molar-refractivity contribution < 1.29 is 14.7 Å². The first-order valence-corrected chi connectivity index (χ1v) is 8.78. The fourth-order valence-electron chi connectivity index (χ4n) is 1.77. The van der Waals surface area contributed by atoms with Crippen molar-refractivity contribution in [3.63, 3.8) is 0 Å². The van der Waals surface area contributed by atoms with Crippen LogP contribution in [0.3, 0.4) is 0 Å². The van der Waals surface area contributed by atoms with E-state index in [0.717, 1.165) is 32.2 Å². The monoisotopic (exact) mass is 304 g/mol. The molecule has 0 aromatic carbocycles. The van der Waals surface area contributed by atoms with Gasteiger partial charge in [0, 0.05) is 19.5 Å². The lowest BCUT2D eigenvalue weighted by molar-refractivity contribution is -0.137. The van der Waals surface area contributed by atoms with Crippen molar-refractivity contribution >= 4 is 23.8 Å². The molecule has 0 aromatic rings. The van der Waals surface area contributed by atoms with Crippen molar-refractivity contribution in [3.05, 3.63) is 0 Å². The van der Waals surface area contributed by atoms with Crippen molar-refractivity contribution in [2.24, 2.45) is 0 Å². The number of urea groups is 1. The van der Waals surface area contributed by atoms with Gasteiger partial charge < -0.3 is 15.7 Å². The van der Waals surface area contributed by atoms with E-state index in [1.807, 2.05) is 11.8 Å². The van der Waals surface area contributed by atoms with Crippen LogP contribution in [0.4, 0.5) is 4.79 Å². The summed E-state index contributed by atoms with van der Waals surface area (Å²) in [6.07, 6.45) is 9.34. The van der Waals surface area contributed by atoms with E-state index in [2.05, 4.69) is 16.9 Å². The van der Waals surface area contributed by atoms with E-state index < -0.39 is 5.97 Å². The van der Waals surface area contributed by atoms with Gasteiger partial charge in [0.2, 0.25) is 0 Å². The van der Waals surface area contributed by atoms with Gasteiger partial charge in [0.15, 0.2) is 0 Å². The van der Waals surface area contributed by atoms with Crippen molar-refractivity contribution in [1.82, 2.24) is 10.6 Å². The largest absolute Gasteiger partial charge is 0.481 e. The fourth-order valence-corrected chi connectivity index (χ4v) is 2.26. The quantitative estimate of drug-likeness (QED) is 0.457. The van der Waals surface area contributed by atoms with E-state index in [4.69, 9.17) is 5.11 Å². The Morgan fingerprint density at radius 1 is 0.900 bits per heavy atom. The lowest BCUT2D eigenvalue weighted by Gasteiger charge is -2.07. The van der Waals surface area contributed by atoms with E-state index in [1.54, 1.807) is 0 Å². The number of carbonyl (C=O) groups excluding carboxylic acids is 1. The van der Waals surface area contributed by atoms with Gasteiger partial charge in [0.25, 0.3) is 0 Å². The zero-order valence-corrected chi connectivity index (χ0v) is 13.3. The summed E-state index contributed by atoms with van der Waals surface area (Å²) in [7, 11) is 0. The summed E-state index contributed by atoms with van der Waals surface area (Å²) in [5.41, 5.74) is 0. The second-order valence-corrected chi connectivity index (χ2v) is 5.78. The van der Waals surface area contributed by atoms with Gasteiger partial charge in [0.1, 0.15) is 0 Å². The number of carboxylic acid groups (broad SMARTS) is 1. The van der Waals surface area contributed by atoms with Gasteiger partial charge >= 0.3 is 12.0 Å². The topological polar surface area (TPSA) is 78.4 Å². The fraction of sp³-hybridized carbons (Fsp3) is 0.857. The highest BCUT2D eigenvalue weighted by atomic mass is 32.2. The summed E-state index contributed by atoms with van der Waals surface area (Å²) >= 11 is 1.87. The third-order valence-electron chi connectivity index (χ3n) is 2.91. The summed E-state index contributed by atoms with van der Waals surface area (Å²) in [5, 5.41) is 14.1. The number of nitrogens with one attached hydrogen (secondary N) is 2. The molecule has 0 bridgehead atoms. The van der Waals surface area contributed by atoms with E-state index in [-0.39, 0.29) is 12.5 Å². The van der Waals surface area contributed by atoms with Crippen LogP contribution in [0.5, 0.6) is 0 Å². The van der Waals surface area contributed by atoms with Crippen LogP contribution in [0.2, 0.25) is 0 Å². The Bertz CT molecular complexity index is 263. The molecule has 0 radical (unpaired) electrons. The van der Waals surface area contributed by atoms with Gasteiger partial charge in [-0.2, -0.15) is 11.8 Å². The SMILES string of the molecule is CSCCCCCCNC(=O)NCCCCCC(=O)O. The number of carbonyl (C=O) groups is 2. The molecule has 0 aliphatic carbocycles. The van der Waals surface area contributed by atoms with Crippen LogP contribution in [-0.2, 0) is 4.79 Å². The molecule has 0 aliphatic heterocycles. The summed E-state index contributed by atoms with van der Waals surface area (Å²) < 4.78 is 0. The van der Waals surface area contributed by atoms with Crippen LogP contribution in [0, 0.1) is 0 Å². The van der Waals surface area contributed by atoms with Gasteiger partial charge in [-0.3, -0.25) is 4.79 Å². The van der Waals surface area contributed by atoms with Gasteiger partial charge in [-0.25, -0.2) is 4.79 Å². The lowest BCUT2D eigenvalue weighted by atomic mass is 10.2. The summed E-state index contributed by atoms with van der Waals surface area (Å²) in [6.45, 7) is 1.34. The Labute approximate surface area is 126 Å². The molecule has 0 unspecified atom stereocenters. The number of unbranched alkanes of at least 4 members (excludes halogenated alkanes) is 5. The molecule has 6 heteroatoms. The molecule has 5 nitrogen and oxygen atoms in total. The molecule has 0 aromatic heterocycles. The van der Waals surface area contributed by atoms with Crippen LogP contribution in [0.15, 0.2) is 0 Å². The Balaban J connectivity index is 3.19. The number of carboxylic acids is 1. The number of hydrogen-bond acceptors (Lipinski definition) is 3. The average Bonchev–Trinajstić information content (AvgIpc) is 2.41. The molecule has 118 valence electrons. The van der Waals surface area contributed by atoms with Crippen molar-refractivity contribution in [2.45, 2.75) is 51.4 Å². The molecule has 0 aliphatic rings. The highest BCUT2D eigenvalue weighted by Crippen LogP contribution is 2.03. The van der Waals surface area contributed by atoms with Crippen LogP contribution in [-0.4, -0.2) is 42.2 Å². The highest BCUT2D eigenvalue weighted by molar-refractivity contribution is 7.98. The van der Waals surface area contributed by atoms with Gasteiger partial charge in [-0.1, -0.05) is 19.3 Å². The van der Waals surface area contributed by atoms with E-state index in [1.165, 1.54) is 18.6 Å². The number of rotatable bonds is 13. The van der Waals surface area contributed by atoms with Crippen LogP contribution in [0.25, 0.3) is 0 Å². The van der Waals surface area contributed by atoms with Crippen molar-refractivity contribution in [3.8, 4) is 0 Å². The molecule has 0 rings (SSSR count). The number of amides is 2. The Hall–Kier alpha value is -0.910. The Morgan fingerprint density at radius 3 is 2.00 bits per heavy atom. The minimum absolute atomic E-state index is 0.118. The molecule has 0 atom stereocenters. The summed E-state index contributed by atoms with van der Waals surface area (Å²) in [5.74, 6) is 0.462. The van der Waals surface area contributed by atoms with E-state index in [0.29, 0.717) is 13.0 Å². The predicted molar refractivity (Wildman–Crippen MR) is 84.4 cm³/mol. The molecular formula is C14H28N2O3S. The average molecular weight is 304 g/mol.